The summed E-state index contributed by atoms with van der Waals surface area (Å²) in [5.41, 5.74) is 5.09. The second kappa shape index (κ2) is 17.1. The Hall–Kier alpha value is -5.26. The molecule has 0 bridgehead atoms. The Kier molecular flexibility index (Phi) is 12.1. The summed E-state index contributed by atoms with van der Waals surface area (Å²) in [6.45, 7) is 5.22. The van der Waals surface area contributed by atoms with Crippen LogP contribution < -0.4 is 20.7 Å². The summed E-state index contributed by atoms with van der Waals surface area (Å²) in [4.78, 5) is 29.8. The fourth-order valence-corrected chi connectivity index (χ4v) is 5.18. The highest BCUT2D eigenvalue weighted by Crippen LogP contribution is 2.32. The van der Waals surface area contributed by atoms with Gasteiger partial charge < -0.3 is 24.8 Å². The predicted octanol–water partition coefficient (Wildman–Crippen LogP) is 6.94. The van der Waals surface area contributed by atoms with E-state index < -0.39 is 0 Å². The number of nitrogens with one attached hydrogen (secondary N) is 3. The number of amides is 3. The van der Waals surface area contributed by atoms with Crippen LogP contribution in [0.15, 0.2) is 85.2 Å². The number of hydrogen-bond donors (Lipinski definition) is 3. The summed E-state index contributed by atoms with van der Waals surface area (Å²) in [5, 5.41) is 15.4. The van der Waals surface area contributed by atoms with E-state index in [0.29, 0.717) is 49.2 Å². The summed E-state index contributed by atoms with van der Waals surface area (Å²) in [5.74, 6) is 1.01. The molecule has 0 radical (unpaired) electrons. The molecule has 11 heteroatoms. The van der Waals surface area contributed by atoms with Crippen LogP contribution >= 0.6 is 0 Å². The van der Waals surface area contributed by atoms with Gasteiger partial charge in [-0.05, 0) is 55.7 Å². The molecule has 0 spiro atoms. The Balaban J connectivity index is 1.25. The van der Waals surface area contributed by atoms with Gasteiger partial charge in [0.25, 0.3) is 0 Å². The van der Waals surface area contributed by atoms with Crippen molar-refractivity contribution in [3.63, 3.8) is 0 Å². The van der Waals surface area contributed by atoms with Gasteiger partial charge in [0.15, 0.2) is 0 Å². The van der Waals surface area contributed by atoms with Crippen LogP contribution in [0.5, 0.6) is 5.75 Å². The first kappa shape index (κ1) is 34.1. The average molecular weight is 651 g/mol. The monoisotopic (exact) mass is 650 g/mol. The lowest BCUT2D eigenvalue weighted by Gasteiger charge is -2.15. The largest absolute Gasteiger partial charge is 0.493 e. The molecule has 250 valence electrons. The second-order valence-corrected chi connectivity index (χ2v) is 11.3. The number of fused-ring (bicyclic) bond motifs is 1. The number of ether oxygens (including phenoxy) is 3. The number of aryl methyl sites for hydroxylation is 2. The molecule has 0 saturated carbocycles. The number of carbonyl (C=O) groups is 2. The van der Waals surface area contributed by atoms with E-state index in [1.54, 1.807) is 24.2 Å². The first-order valence-corrected chi connectivity index (χ1v) is 16.1. The van der Waals surface area contributed by atoms with Crippen molar-refractivity contribution >= 4 is 39.9 Å². The molecule has 0 aliphatic heterocycles. The molecule has 3 amide bonds. The van der Waals surface area contributed by atoms with Crippen molar-refractivity contribution in [3.8, 4) is 11.4 Å². The maximum atomic E-state index is 13.4. The predicted molar refractivity (Wildman–Crippen MR) is 188 cm³/mol. The zero-order valence-corrected chi connectivity index (χ0v) is 27.6. The zero-order valence-electron chi connectivity index (χ0n) is 27.6. The van der Waals surface area contributed by atoms with E-state index in [1.165, 1.54) is 0 Å². The standard InChI is InChI=1S/C37H42N6O5/c1-4-5-8-28-23-35(43(42-28)29-13-11-26(2)12-14-29)41-37(45)40-32-15-16-34(31-10-7-6-9-30(31)32)48-20-18-27-17-19-38-24-33(27)39-36(44)25-47-22-21-46-3/h6-7,9-17,19,23-24H,4-5,8,18,20-22,25H2,1-3H3,(H,39,44)(H2,40,41,45). The summed E-state index contributed by atoms with van der Waals surface area (Å²) < 4.78 is 18.3. The lowest BCUT2D eigenvalue weighted by atomic mass is 10.1. The number of methoxy groups -OCH3 is 1. The Morgan fingerprint density at radius 2 is 1.67 bits per heavy atom. The first-order valence-electron chi connectivity index (χ1n) is 16.1. The van der Waals surface area contributed by atoms with Gasteiger partial charge in [-0.25, -0.2) is 9.48 Å². The molecular weight excluding hydrogens is 608 g/mol. The highest BCUT2D eigenvalue weighted by Gasteiger charge is 2.15. The van der Waals surface area contributed by atoms with Gasteiger partial charge in [-0.3, -0.25) is 15.1 Å². The molecule has 48 heavy (non-hydrogen) atoms. The van der Waals surface area contributed by atoms with Gasteiger partial charge in [-0.1, -0.05) is 55.3 Å². The molecule has 5 rings (SSSR count). The van der Waals surface area contributed by atoms with E-state index in [1.807, 2.05) is 79.7 Å². The van der Waals surface area contributed by atoms with Crippen LogP contribution in [0.25, 0.3) is 16.5 Å². The number of rotatable bonds is 16. The summed E-state index contributed by atoms with van der Waals surface area (Å²) in [6, 6.07) is 22.9. The maximum Gasteiger partial charge on any atom is 0.324 e. The molecule has 5 aromatic rings. The Labute approximate surface area is 280 Å². The zero-order chi connectivity index (χ0) is 33.7. The molecule has 3 N–H and O–H groups in total. The van der Waals surface area contributed by atoms with E-state index in [2.05, 4.69) is 27.9 Å². The number of unbranched alkanes of at least 4 members (excludes halogenated alkanes) is 1. The van der Waals surface area contributed by atoms with Crippen molar-refractivity contribution in [3.05, 3.63) is 102 Å². The highest BCUT2D eigenvalue weighted by atomic mass is 16.5. The van der Waals surface area contributed by atoms with Gasteiger partial charge >= 0.3 is 6.03 Å². The lowest BCUT2D eigenvalue weighted by molar-refractivity contribution is -0.121. The van der Waals surface area contributed by atoms with Gasteiger partial charge in [0.05, 0.1) is 48.8 Å². The molecule has 0 aliphatic carbocycles. The Morgan fingerprint density at radius 3 is 2.46 bits per heavy atom. The van der Waals surface area contributed by atoms with E-state index in [9.17, 15) is 9.59 Å². The molecule has 2 heterocycles. The number of carbonyl (C=O) groups excluding carboxylic acids is 2. The minimum Gasteiger partial charge on any atom is -0.493 e. The van der Waals surface area contributed by atoms with Crippen LogP contribution in [0.3, 0.4) is 0 Å². The third-order valence-corrected chi connectivity index (χ3v) is 7.68. The minimum absolute atomic E-state index is 0.0744. The van der Waals surface area contributed by atoms with Crippen LogP contribution in [-0.4, -0.2) is 60.2 Å². The summed E-state index contributed by atoms with van der Waals surface area (Å²) in [7, 11) is 1.58. The fraction of sp³-hybridized carbons (Fsp3) is 0.297. The van der Waals surface area contributed by atoms with Crippen LogP contribution in [0.2, 0.25) is 0 Å². The minimum atomic E-state index is -0.375. The third-order valence-electron chi connectivity index (χ3n) is 7.68. The van der Waals surface area contributed by atoms with Crippen molar-refractivity contribution in [1.82, 2.24) is 14.8 Å². The van der Waals surface area contributed by atoms with Crippen molar-refractivity contribution in [1.29, 1.82) is 0 Å². The van der Waals surface area contributed by atoms with Crippen LogP contribution in [-0.2, 0) is 27.1 Å². The van der Waals surface area contributed by atoms with E-state index >= 15 is 0 Å². The van der Waals surface area contributed by atoms with Crippen LogP contribution in [0.1, 0.15) is 36.6 Å². The number of urea groups is 1. The summed E-state index contributed by atoms with van der Waals surface area (Å²) >= 11 is 0. The van der Waals surface area contributed by atoms with Gasteiger partial charge in [0.1, 0.15) is 18.2 Å². The van der Waals surface area contributed by atoms with Gasteiger partial charge in [0, 0.05) is 36.6 Å². The first-order chi connectivity index (χ1) is 23.4. The number of aromatic nitrogens is 3. The molecule has 0 fully saturated rings. The third kappa shape index (κ3) is 9.18. The Morgan fingerprint density at radius 1 is 0.854 bits per heavy atom. The molecule has 0 unspecified atom stereocenters. The molecule has 3 aromatic carbocycles. The SMILES string of the molecule is CCCCc1cc(NC(=O)Nc2ccc(OCCc3ccncc3NC(=O)COCCOC)c3ccccc23)n(-c2ccc(C)cc2)n1. The van der Waals surface area contributed by atoms with Crippen LogP contribution in [0, 0.1) is 6.92 Å². The maximum absolute atomic E-state index is 13.4. The quantitative estimate of drug-likeness (QED) is 0.0987. The molecule has 11 nitrogen and oxygen atoms in total. The number of pyridine rings is 1. The summed E-state index contributed by atoms with van der Waals surface area (Å²) in [6.07, 6.45) is 6.74. The van der Waals surface area contributed by atoms with Crippen molar-refractivity contribution < 1.29 is 23.8 Å². The molecule has 0 aliphatic rings. The number of anilines is 3. The molecule has 2 aromatic heterocycles. The lowest BCUT2D eigenvalue weighted by Crippen LogP contribution is -2.21. The van der Waals surface area contributed by atoms with Gasteiger partial charge in [0.2, 0.25) is 5.91 Å². The molecular formula is C37H42N6O5. The number of hydrogen-bond acceptors (Lipinski definition) is 7. The highest BCUT2D eigenvalue weighted by molar-refractivity contribution is 6.07. The Bertz CT molecular complexity index is 1820. The normalized spacial score (nSPS) is 11.0. The molecule has 0 saturated heterocycles. The van der Waals surface area contributed by atoms with E-state index in [0.717, 1.165) is 52.5 Å². The number of benzene rings is 3. The van der Waals surface area contributed by atoms with Crippen molar-refractivity contribution in [2.75, 3.05) is 49.5 Å². The fourth-order valence-electron chi connectivity index (χ4n) is 5.18. The molecule has 0 atom stereocenters. The second-order valence-electron chi connectivity index (χ2n) is 11.3. The number of nitrogens with zero attached hydrogens (tertiary/aromatic N) is 3. The van der Waals surface area contributed by atoms with Crippen molar-refractivity contribution in [2.45, 2.75) is 39.5 Å². The van der Waals surface area contributed by atoms with E-state index in [-0.39, 0.29) is 18.5 Å². The van der Waals surface area contributed by atoms with Gasteiger partial charge in [-0.15, -0.1) is 0 Å². The smallest absolute Gasteiger partial charge is 0.324 e. The topological polar surface area (TPSA) is 129 Å². The van der Waals surface area contributed by atoms with Crippen molar-refractivity contribution in [2.24, 2.45) is 0 Å². The van der Waals surface area contributed by atoms with Gasteiger partial charge in [-0.2, -0.15) is 5.10 Å². The van der Waals surface area contributed by atoms with Crippen LogP contribution in [0.4, 0.5) is 22.0 Å². The van der Waals surface area contributed by atoms with E-state index in [4.69, 9.17) is 19.3 Å². The average Bonchev–Trinajstić information content (AvgIpc) is 3.49.